The van der Waals surface area contributed by atoms with E-state index in [4.69, 9.17) is 4.74 Å². The minimum Gasteiger partial charge on any atom is -0.491 e. The molecule has 0 saturated carbocycles. The van der Waals surface area contributed by atoms with Gasteiger partial charge < -0.3 is 19.6 Å². The number of rotatable bonds is 7. The number of hydrogen-bond acceptors (Lipinski definition) is 3. The van der Waals surface area contributed by atoms with Crippen LogP contribution in [0.5, 0.6) is 5.75 Å². The molecule has 2 rings (SSSR count). The van der Waals surface area contributed by atoms with Gasteiger partial charge in [0.25, 0.3) is 0 Å². The third kappa shape index (κ3) is 7.10. The molecule has 5 nitrogen and oxygen atoms in total. The SMILES string of the molecule is CC(=O)N1CC[NH+](C[C@H](O)COc2ccc(C(C)(C)CC(C)(C)C)cc2)CC1. The van der Waals surface area contributed by atoms with Crippen molar-refractivity contribution in [2.24, 2.45) is 5.41 Å². The maximum atomic E-state index is 11.4. The Bertz CT molecular complexity index is 626. The molecule has 1 amide bonds. The highest BCUT2D eigenvalue weighted by Crippen LogP contribution is 2.36. The summed E-state index contributed by atoms with van der Waals surface area (Å²) in [4.78, 5) is 14.6. The van der Waals surface area contributed by atoms with Crippen molar-refractivity contribution in [2.75, 3.05) is 39.3 Å². The first-order valence-electron chi connectivity index (χ1n) is 10.5. The molecular weight excluding hydrogens is 352 g/mol. The maximum Gasteiger partial charge on any atom is 0.219 e. The Morgan fingerprint density at radius 3 is 2.21 bits per heavy atom. The molecule has 0 bridgehead atoms. The smallest absolute Gasteiger partial charge is 0.219 e. The van der Waals surface area contributed by atoms with E-state index >= 15 is 0 Å². The van der Waals surface area contributed by atoms with Crippen LogP contribution in [0.3, 0.4) is 0 Å². The number of piperazine rings is 1. The van der Waals surface area contributed by atoms with Gasteiger partial charge in [0.2, 0.25) is 5.91 Å². The van der Waals surface area contributed by atoms with Gasteiger partial charge in [0.1, 0.15) is 25.0 Å². The average molecular weight is 392 g/mol. The average Bonchev–Trinajstić information content (AvgIpc) is 2.59. The third-order valence-electron chi connectivity index (χ3n) is 5.49. The molecule has 1 aliphatic heterocycles. The summed E-state index contributed by atoms with van der Waals surface area (Å²) in [7, 11) is 0. The summed E-state index contributed by atoms with van der Waals surface area (Å²) >= 11 is 0. The van der Waals surface area contributed by atoms with Gasteiger partial charge in [-0.05, 0) is 34.9 Å². The molecule has 1 aliphatic rings. The quantitative estimate of drug-likeness (QED) is 0.746. The first-order valence-corrected chi connectivity index (χ1v) is 10.5. The summed E-state index contributed by atoms with van der Waals surface area (Å²) in [6.45, 7) is 17.3. The predicted octanol–water partition coefficient (Wildman–Crippen LogP) is 1.89. The van der Waals surface area contributed by atoms with Crippen molar-refractivity contribution in [2.45, 2.75) is 59.5 Å². The van der Waals surface area contributed by atoms with E-state index in [2.05, 4.69) is 46.8 Å². The highest BCUT2D eigenvalue weighted by atomic mass is 16.5. The topological polar surface area (TPSA) is 54.2 Å². The number of ether oxygens (including phenoxy) is 1. The Labute approximate surface area is 170 Å². The van der Waals surface area contributed by atoms with E-state index in [1.54, 1.807) is 6.92 Å². The number of amides is 1. The molecule has 1 aromatic carbocycles. The van der Waals surface area contributed by atoms with E-state index in [0.717, 1.165) is 38.3 Å². The van der Waals surface area contributed by atoms with Crippen LogP contribution < -0.4 is 9.64 Å². The lowest BCUT2D eigenvalue weighted by Gasteiger charge is -2.33. The highest BCUT2D eigenvalue weighted by molar-refractivity contribution is 5.73. The lowest BCUT2D eigenvalue weighted by molar-refractivity contribution is -0.907. The van der Waals surface area contributed by atoms with Crippen LogP contribution in [0.15, 0.2) is 24.3 Å². The Balaban J connectivity index is 1.79. The van der Waals surface area contributed by atoms with Crippen LogP contribution in [0.4, 0.5) is 0 Å². The number of carbonyl (C=O) groups is 1. The fraction of sp³-hybridized carbons (Fsp3) is 0.696. The van der Waals surface area contributed by atoms with Gasteiger partial charge in [-0.3, -0.25) is 4.79 Å². The summed E-state index contributed by atoms with van der Waals surface area (Å²) in [5.41, 5.74) is 1.70. The van der Waals surface area contributed by atoms with Crippen molar-refractivity contribution < 1.29 is 19.5 Å². The zero-order valence-electron chi connectivity index (χ0n) is 18.5. The van der Waals surface area contributed by atoms with Crippen LogP contribution in [0.1, 0.15) is 53.5 Å². The van der Waals surface area contributed by atoms with Gasteiger partial charge in [-0.25, -0.2) is 0 Å². The van der Waals surface area contributed by atoms with Crippen LogP contribution >= 0.6 is 0 Å². The molecule has 0 unspecified atom stereocenters. The molecule has 1 aromatic rings. The monoisotopic (exact) mass is 391 g/mol. The second-order valence-corrected chi connectivity index (χ2v) is 10.1. The van der Waals surface area contributed by atoms with Gasteiger partial charge in [0.15, 0.2) is 0 Å². The van der Waals surface area contributed by atoms with Crippen molar-refractivity contribution in [3.8, 4) is 5.75 Å². The summed E-state index contributed by atoms with van der Waals surface area (Å²) in [5.74, 6) is 0.933. The van der Waals surface area contributed by atoms with E-state index in [0.29, 0.717) is 13.2 Å². The third-order valence-corrected chi connectivity index (χ3v) is 5.49. The largest absolute Gasteiger partial charge is 0.491 e. The van der Waals surface area contributed by atoms with E-state index < -0.39 is 6.10 Å². The molecule has 1 heterocycles. The van der Waals surface area contributed by atoms with Gasteiger partial charge in [-0.1, -0.05) is 46.8 Å². The number of aliphatic hydroxyl groups is 1. The number of quaternary nitrogens is 1. The molecule has 1 fully saturated rings. The zero-order valence-corrected chi connectivity index (χ0v) is 18.5. The molecule has 1 saturated heterocycles. The van der Waals surface area contributed by atoms with E-state index in [9.17, 15) is 9.90 Å². The first-order chi connectivity index (χ1) is 13.0. The summed E-state index contributed by atoms with van der Waals surface area (Å²) in [5, 5.41) is 10.3. The van der Waals surface area contributed by atoms with Crippen molar-refractivity contribution in [1.82, 2.24) is 4.90 Å². The zero-order chi connectivity index (χ0) is 20.9. The van der Waals surface area contributed by atoms with Crippen LogP contribution in [-0.2, 0) is 10.2 Å². The van der Waals surface area contributed by atoms with Crippen molar-refractivity contribution in [3.63, 3.8) is 0 Å². The Hall–Kier alpha value is -1.59. The normalized spacial score (nSPS) is 17.5. The van der Waals surface area contributed by atoms with Gasteiger partial charge in [0.05, 0.1) is 26.2 Å². The Morgan fingerprint density at radius 2 is 1.71 bits per heavy atom. The maximum absolute atomic E-state index is 11.4. The van der Waals surface area contributed by atoms with E-state index in [-0.39, 0.29) is 16.7 Å². The molecule has 5 heteroatoms. The fourth-order valence-corrected chi connectivity index (χ4v) is 4.36. The summed E-state index contributed by atoms with van der Waals surface area (Å²) < 4.78 is 5.81. The van der Waals surface area contributed by atoms with Gasteiger partial charge in [0, 0.05) is 6.92 Å². The predicted molar refractivity (Wildman–Crippen MR) is 113 cm³/mol. The lowest BCUT2D eigenvalue weighted by Crippen LogP contribution is -3.15. The van der Waals surface area contributed by atoms with Crippen LogP contribution in [0.25, 0.3) is 0 Å². The van der Waals surface area contributed by atoms with Crippen molar-refractivity contribution in [3.05, 3.63) is 29.8 Å². The Morgan fingerprint density at radius 1 is 1.14 bits per heavy atom. The lowest BCUT2D eigenvalue weighted by atomic mass is 9.72. The van der Waals surface area contributed by atoms with Crippen molar-refractivity contribution >= 4 is 5.91 Å². The molecule has 1 atom stereocenters. The summed E-state index contributed by atoms with van der Waals surface area (Å²) in [6, 6.07) is 8.29. The fourth-order valence-electron chi connectivity index (χ4n) is 4.36. The molecule has 2 N–H and O–H groups in total. The Kier molecular flexibility index (Phi) is 7.52. The van der Waals surface area contributed by atoms with Crippen LogP contribution in [-0.4, -0.2) is 61.3 Å². The molecule has 0 spiro atoms. The van der Waals surface area contributed by atoms with Crippen LogP contribution in [0.2, 0.25) is 0 Å². The number of hydrogen-bond donors (Lipinski definition) is 2. The van der Waals surface area contributed by atoms with Crippen molar-refractivity contribution in [1.29, 1.82) is 0 Å². The molecular formula is C23H39N2O3+. The highest BCUT2D eigenvalue weighted by Gasteiger charge is 2.27. The molecule has 28 heavy (non-hydrogen) atoms. The minimum absolute atomic E-state index is 0.113. The van der Waals surface area contributed by atoms with Crippen LogP contribution in [0, 0.1) is 5.41 Å². The van der Waals surface area contributed by atoms with E-state index in [1.807, 2.05) is 17.0 Å². The number of aliphatic hydroxyl groups excluding tert-OH is 1. The standard InChI is InChI=1S/C23H38N2O3/c1-18(26)25-13-11-24(12-14-25)15-20(27)16-28-21-9-7-19(8-10-21)23(5,6)17-22(2,3)4/h7-10,20,27H,11-17H2,1-6H3/p+1/t20-/m0/s1. The van der Waals surface area contributed by atoms with Gasteiger partial charge in [-0.2, -0.15) is 0 Å². The molecule has 0 aromatic heterocycles. The first kappa shape index (κ1) is 22.7. The number of benzene rings is 1. The number of carbonyl (C=O) groups excluding carboxylic acids is 1. The number of nitrogens with zero attached hydrogens (tertiary/aromatic N) is 1. The molecule has 0 aliphatic carbocycles. The summed E-state index contributed by atoms with van der Waals surface area (Å²) in [6.07, 6.45) is 0.606. The number of nitrogens with one attached hydrogen (secondary N) is 1. The van der Waals surface area contributed by atoms with E-state index in [1.165, 1.54) is 10.5 Å². The second kappa shape index (κ2) is 9.27. The van der Waals surface area contributed by atoms with Gasteiger partial charge >= 0.3 is 0 Å². The van der Waals surface area contributed by atoms with Gasteiger partial charge in [-0.15, -0.1) is 0 Å². The second-order valence-electron chi connectivity index (χ2n) is 10.1. The molecule has 158 valence electrons. The molecule has 0 radical (unpaired) electrons. The minimum atomic E-state index is -0.504.